The van der Waals surface area contributed by atoms with Crippen LogP contribution in [-0.2, 0) is 4.57 Å². The van der Waals surface area contributed by atoms with Gasteiger partial charge < -0.3 is 14.5 Å². The summed E-state index contributed by atoms with van der Waals surface area (Å²) in [7, 11) is -2.66. The Kier molecular flexibility index (Phi) is 6.92. The highest BCUT2D eigenvalue weighted by atomic mass is 31.2. The summed E-state index contributed by atoms with van der Waals surface area (Å²) in [6.07, 6.45) is 0.246. The van der Waals surface area contributed by atoms with E-state index in [0.29, 0.717) is 23.3 Å². The van der Waals surface area contributed by atoms with Crippen molar-refractivity contribution in [3.63, 3.8) is 0 Å². The summed E-state index contributed by atoms with van der Waals surface area (Å²) in [6.45, 7) is 1.93. The van der Waals surface area contributed by atoms with E-state index in [9.17, 15) is 19.1 Å². The molecule has 0 amide bonds. The van der Waals surface area contributed by atoms with Gasteiger partial charge in [0.15, 0.2) is 5.78 Å². The van der Waals surface area contributed by atoms with Gasteiger partial charge in [-0.3, -0.25) is 9.36 Å². The SMILES string of the molecule is CC/C(=C(/CCP(=O)(O)O)C(=O)c1ccc(OC)cc1)c1ccccc1. The average molecular weight is 374 g/mol. The van der Waals surface area contributed by atoms with Crippen molar-refractivity contribution in [3.05, 3.63) is 71.3 Å². The number of hydrogen-bond donors (Lipinski definition) is 2. The van der Waals surface area contributed by atoms with Crippen LogP contribution in [0.3, 0.4) is 0 Å². The summed E-state index contributed by atoms with van der Waals surface area (Å²) >= 11 is 0. The van der Waals surface area contributed by atoms with E-state index >= 15 is 0 Å². The lowest BCUT2D eigenvalue weighted by atomic mass is 9.91. The third-order valence-corrected chi connectivity index (χ3v) is 4.93. The molecule has 0 aliphatic rings. The molecule has 2 N–H and O–H groups in total. The van der Waals surface area contributed by atoms with E-state index in [0.717, 1.165) is 11.1 Å². The number of Topliss-reactive ketones (excluding diaryl/α,β-unsaturated/α-hetero) is 1. The number of methoxy groups -OCH3 is 1. The van der Waals surface area contributed by atoms with E-state index in [1.54, 1.807) is 31.4 Å². The van der Waals surface area contributed by atoms with Crippen molar-refractivity contribution < 1.29 is 23.9 Å². The number of ketones is 1. The normalized spacial score (nSPS) is 12.5. The molecule has 0 radical (unpaired) electrons. The third kappa shape index (κ3) is 5.40. The standard InChI is InChI=1S/C20H23O5P/c1-3-18(15-7-5-4-6-8-15)19(13-14-26(22,23)24)20(21)16-9-11-17(25-2)12-10-16/h4-12H,3,13-14H2,1-2H3,(H2,22,23,24)/b19-18+. The molecule has 2 aromatic carbocycles. The molecule has 0 saturated carbocycles. The van der Waals surface area contributed by atoms with Crippen LogP contribution in [0.2, 0.25) is 0 Å². The highest BCUT2D eigenvalue weighted by Gasteiger charge is 2.22. The molecule has 0 unspecified atom stereocenters. The molecule has 0 spiro atoms. The molecule has 0 aliphatic heterocycles. The zero-order valence-electron chi connectivity index (χ0n) is 14.9. The molecule has 2 aromatic rings. The Balaban J connectivity index is 2.49. The number of allylic oxidation sites excluding steroid dienone is 2. The lowest BCUT2D eigenvalue weighted by Gasteiger charge is -2.15. The molecule has 138 valence electrons. The molecule has 0 saturated heterocycles. The molecular formula is C20H23O5P. The van der Waals surface area contributed by atoms with Gasteiger partial charge in [-0.15, -0.1) is 0 Å². The Morgan fingerprint density at radius 2 is 1.62 bits per heavy atom. The van der Waals surface area contributed by atoms with Crippen LogP contribution in [0.25, 0.3) is 5.57 Å². The number of hydrogen-bond acceptors (Lipinski definition) is 3. The summed E-state index contributed by atoms with van der Waals surface area (Å²) in [5.74, 6) is 0.419. The Hall–Kier alpha value is -2.20. The van der Waals surface area contributed by atoms with Crippen LogP contribution in [0, 0.1) is 0 Å². The van der Waals surface area contributed by atoms with E-state index in [4.69, 9.17) is 4.74 Å². The fraction of sp³-hybridized carbons (Fsp3) is 0.250. The van der Waals surface area contributed by atoms with E-state index in [1.807, 2.05) is 37.3 Å². The predicted octanol–water partition coefficient (Wildman–Crippen LogP) is 4.31. The summed E-state index contributed by atoms with van der Waals surface area (Å²) in [6, 6.07) is 16.2. The van der Waals surface area contributed by atoms with Crippen molar-refractivity contribution >= 4 is 19.0 Å². The van der Waals surface area contributed by atoms with Crippen molar-refractivity contribution in [3.8, 4) is 5.75 Å². The molecule has 0 fully saturated rings. The summed E-state index contributed by atoms with van der Waals surface area (Å²) in [5, 5.41) is 0. The van der Waals surface area contributed by atoms with E-state index in [-0.39, 0.29) is 18.4 Å². The Morgan fingerprint density at radius 3 is 2.12 bits per heavy atom. The average Bonchev–Trinajstić information content (AvgIpc) is 2.64. The largest absolute Gasteiger partial charge is 0.497 e. The quantitative estimate of drug-likeness (QED) is 0.409. The van der Waals surface area contributed by atoms with Crippen LogP contribution in [0.5, 0.6) is 5.75 Å². The van der Waals surface area contributed by atoms with Crippen LogP contribution < -0.4 is 4.74 Å². The van der Waals surface area contributed by atoms with Gasteiger partial charge in [-0.2, -0.15) is 0 Å². The molecule has 6 heteroatoms. The predicted molar refractivity (Wildman–Crippen MR) is 103 cm³/mol. The third-order valence-electron chi connectivity index (χ3n) is 4.12. The monoisotopic (exact) mass is 374 g/mol. The first kappa shape index (κ1) is 20.1. The van der Waals surface area contributed by atoms with Crippen LogP contribution in [0.1, 0.15) is 35.7 Å². The first-order valence-corrected chi connectivity index (χ1v) is 10.2. The minimum absolute atomic E-state index is 0.0210. The second-order valence-corrected chi connectivity index (χ2v) is 7.65. The summed E-state index contributed by atoms with van der Waals surface area (Å²) in [4.78, 5) is 31.6. The van der Waals surface area contributed by atoms with Gasteiger partial charge in [0.1, 0.15) is 5.75 Å². The second-order valence-electron chi connectivity index (χ2n) is 5.87. The smallest absolute Gasteiger partial charge is 0.325 e. The van der Waals surface area contributed by atoms with E-state index < -0.39 is 7.60 Å². The van der Waals surface area contributed by atoms with Crippen LogP contribution >= 0.6 is 7.60 Å². The first-order valence-electron chi connectivity index (χ1n) is 8.36. The van der Waals surface area contributed by atoms with Crippen molar-refractivity contribution in [2.24, 2.45) is 0 Å². The molecule has 0 heterocycles. The van der Waals surface area contributed by atoms with Crippen LogP contribution in [-0.4, -0.2) is 28.8 Å². The number of benzene rings is 2. The minimum atomic E-state index is -4.21. The van der Waals surface area contributed by atoms with Gasteiger partial charge in [-0.1, -0.05) is 37.3 Å². The maximum Gasteiger partial charge on any atom is 0.325 e. The fourth-order valence-electron chi connectivity index (χ4n) is 2.81. The molecule has 26 heavy (non-hydrogen) atoms. The first-order chi connectivity index (χ1) is 12.4. The van der Waals surface area contributed by atoms with Crippen molar-refractivity contribution in [2.75, 3.05) is 13.3 Å². The van der Waals surface area contributed by atoms with Gasteiger partial charge in [-0.05, 0) is 48.2 Å². The van der Waals surface area contributed by atoms with Gasteiger partial charge in [0, 0.05) is 11.1 Å². The van der Waals surface area contributed by atoms with Gasteiger partial charge in [0.05, 0.1) is 13.3 Å². The number of rotatable bonds is 8. The number of ether oxygens (including phenoxy) is 1. The molecule has 0 atom stereocenters. The molecule has 0 aromatic heterocycles. The van der Waals surface area contributed by atoms with E-state index in [2.05, 4.69) is 0 Å². The Morgan fingerprint density at radius 1 is 1.00 bits per heavy atom. The molecule has 0 bridgehead atoms. The lowest BCUT2D eigenvalue weighted by molar-refractivity contribution is 0.103. The Labute approximate surface area is 153 Å². The fourth-order valence-corrected chi connectivity index (χ4v) is 3.32. The zero-order valence-corrected chi connectivity index (χ0v) is 15.8. The van der Waals surface area contributed by atoms with Gasteiger partial charge in [0.25, 0.3) is 0 Å². The van der Waals surface area contributed by atoms with Crippen molar-refractivity contribution in [1.29, 1.82) is 0 Å². The number of carbonyl (C=O) groups is 1. The van der Waals surface area contributed by atoms with Gasteiger partial charge >= 0.3 is 7.60 Å². The topological polar surface area (TPSA) is 83.8 Å². The van der Waals surface area contributed by atoms with Crippen LogP contribution in [0.15, 0.2) is 60.2 Å². The highest BCUT2D eigenvalue weighted by Crippen LogP contribution is 2.38. The van der Waals surface area contributed by atoms with Crippen molar-refractivity contribution in [1.82, 2.24) is 0 Å². The zero-order chi connectivity index (χ0) is 19.2. The van der Waals surface area contributed by atoms with Crippen LogP contribution in [0.4, 0.5) is 0 Å². The summed E-state index contributed by atoms with van der Waals surface area (Å²) in [5.41, 5.74) is 2.60. The maximum atomic E-state index is 13.1. The molecule has 5 nitrogen and oxygen atoms in total. The molecular weight excluding hydrogens is 351 g/mol. The van der Waals surface area contributed by atoms with Crippen molar-refractivity contribution in [2.45, 2.75) is 19.8 Å². The summed E-state index contributed by atoms with van der Waals surface area (Å²) < 4.78 is 16.5. The molecule has 0 aliphatic carbocycles. The highest BCUT2D eigenvalue weighted by molar-refractivity contribution is 7.51. The van der Waals surface area contributed by atoms with Gasteiger partial charge in [0.2, 0.25) is 0 Å². The second kappa shape index (κ2) is 8.95. The van der Waals surface area contributed by atoms with E-state index in [1.165, 1.54) is 0 Å². The molecule has 2 rings (SSSR count). The lowest BCUT2D eigenvalue weighted by Crippen LogP contribution is -2.09. The minimum Gasteiger partial charge on any atom is -0.497 e. The number of carbonyl (C=O) groups excluding carboxylic acids is 1. The maximum absolute atomic E-state index is 13.1. The van der Waals surface area contributed by atoms with Gasteiger partial charge in [-0.25, -0.2) is 0 Å². The Bertz CT molecular complexity index is 819.